The van der Waals surface area contributed by atoms with E-state index in [2.05, 4.69) is 27.6 Å². The number of hydrogen-bond acceptors (Lipinski definition) is 5. The van der Waals surface area contributed by atoms with E-state index in [1.807, 2.05) is 35.9 Å². The summed E-state index contributed by atoms with van der Waals surface area (Å²) < 4.78 is 0. The Kier molecular flexibility index (Phi) is 6.15. The molecule has 0 unspecified atom stereocenters. The highest BCUT2D eigenvalue weighted by atomic mass is 35.5. The molecule has 24 heavy (non-hydrogen) atoms. The van der Waals surface area contributed by atoms with E-state index in [4.69, 9.17) is 23.2 Å². The summed E-state index contributed by atoms with van der Waals surface area (Å²) in [5.74, 6) is 0.790. The normalized spacial score (nSPS) is 11.1. The van der Waals surface area contributed by atoms with E-state index in [9.17, 15) is 0 Å². The Morgan fingerprint density at radius 3 is 2.79 bits per heavy atom. The maximum Gasteiger partial charge on any atom is 0.203 e. The summed E-state index contributed by atoms with van der Waals surface area (Å²) in [6.45, 7) is 0. The molecule has 0 atom stereocenters. The van der Waals surface area contributed by atoms with Crippen LogP contribution in [0.2, 0.25) is 10.0 Å². The summed E-state index contributed by atoms with van der Waals surface area (Å²) in [5.41, 5.74) is 4.61. The van der Waals surface area contributed by atoms with Crippen LogP contribution in [0.15, 0.2) is 63.9 Å². The molecular formula is C17H13Cl2N3S2. The molecule has 0 saturated carbocycles. The van der Waals surface area contributed by atoms with Gasteiger partial charge in [-0.2, -0.15) is 5.10 Å². The average Bonchev–Trinajstić information content (AvgIpc) is 3.04. The summed E-state index contributed by atoms with van der Waals surface area (Å²) >= 11 is 15.3. The van der Waals surface area contributed by atoms with Crippen LogP contribution in [0.1, 0.15) is 0 Å². The van der Waals surface area contributed by atoms with Crippen LogP contribution < -0.4 is 5.43 Å². The van der Waals surface area contributed by atoms with E-state index in [-0.39, 0.29) is 0 Å². The molecule has 3 nitrogen and oxygen atoms in total. The second kappa shape index (κ2) is 8.53. The van der Waals surface area contributed by atoms with Crippen molar-refractivity contribution in [3.05, 3.63) is 64.0 Å². The Labute approximate surface area is 158 Å². The molecule has 1 heterocycles. The van der Waals surface area contributed by atoms with Crippen molar-refractivity contribution in [2.75, 3.05) is 11.2 Å². The first-order valence-corrected chi connectivity index (χ1v) is 9.71. The first-order chi connectivity index (χ1) is 11.7. The van der Waals surface area contributed by atoms with Crippen LogP contribution in [0.4, 0.5) is 5.13 Å². The minimum Gasteiger partial charge on any atom is -0.253 e. The highest BCUT2D eigenvalue weighted by Gasteiger charge is 2.08. The van der Waals surface area contributed by atoms with Crippen LogP contribution in [-0.4, -0.2) is 17.0 Å². The zero-order chi connectivity index (χ0) is 16.8. The van der Waals surface area contributed by atoms with Crippen molar-refractivity contribution in [2.45, 2.75) is 4.90 Å². The third-order valence-electron chi connectivity index (χ3n) is 3.03. The fourth-order valence-corrected chi connectivity index (χ4v) is 3.79. The summed E-state index contributed by atoms with van der Waals surface area (Å²) in [5, 5.41) is 8.05. The van der Waals surface area contributed by atoms with Crippen molar-refractivity contribution in [1.29, 1.82) is 0 Å². The number of thioether (sulfide) groups is 1. The molecule has 0 amide bonds. The van der Waals surface area contributed by atoms with E-state index in [1.165, 1.54) is 16.2 Å². The number of hydrogen-bond donors (Lipinski definition) is 1. The molecule has 0 aliphatic rings. The van der Waals surface area contributed by atoms with E-state index >= 15 is 0 Å². The number of thiazole rings is 1. The topological polar surface area (TPSA) is 37.3 Å². The molecule has 7 heteroatoms. The second-order valence-corrected chi connectivity index (χ2v) is 7.50. The summed E-state index contributed by atoms with van der Waals surface area (Å²) in [6, 6.07) is 15.6. The largest absolute Gasteiger partial charge is 0.253 e. The molecule has 122 valence electrons. The summed E-state index contributed by atoms with van der Waals surface area (Å²) in [6.07, 6.45) is 1.83. The smallest absolute Gasteiger partial charge is 0.203 e. The lowest BCUT2D eigenvalue weighted by Gasteiger charge is -2.00. The Morgan fingerprint density at radius 1 is 1.17 bits per heavy atom. The number of rotatable bonds is 6. The van der Waals surface area contributed by atoms with E-state index < -0.39 is 0 Å². The zero-order valence-corrected chi connectivity index (χ0v) is 15.6. The van der Waals surface area contributed by atoms with Crippen molar-refractivity contribution >= 4 is 57.6 Å². The fourth-order valence-electron chi connectivity index (χ4n) is 1.93. The summed E-state index contributed by atoms with van der Waals surface area (Å²) in [7, 11) is 0. The van der Waals surface area contributed by atoms with Crippen LogP contribution in [0, 0.1) is 0 Å². The lowest BCUT2D eigenvalue weighted by Crippen LogP contribution is -1.90. The Morgan fingerprint density at radius 2 is 2.00 bits per heavy atom. The van der Waals surface area contributed by atoms with Crippen molar-refractivity contribution < 1.29 is 0 Å². The van der Waals surface area contributed by atoms with Crippen molar-refractivity contribution in [2.24, 2.45) is 5.10 Å². The van der Waals surface area contributed by atoms with Gasteiger partial charge in [0.2, 0.25) is 5.13 Å². The first kappa shape index (κ1) is 17.3. The first-order valence-electron chi connectivity index (χ1n) is 7.09. The molecule has 0 radical (unpaired) electrons. The van der Waals surface area contributed by atoms with Gasteiger partial charge in [0.05, 0.1) is 10.7 Å². The summed E-state index contributed by atoms with van der Waals surface area (Å²) in [4.78, 5) is 5.71. The predicted molar refractivity (Wildman–Crippen MR) is 107 cm³/mol. The Hall–Kier alpha value is -1.53. The van der Waals surface area contributed by atoms with Gasteiger partial charge in [-0.05, 0) is 30.3 Å². The van der Waals surface area contributed by atoms with Gasteiger partial charge < -0.3 is 0 Å². The van der Waals surface area contributed by atoms with Crippen molar-refractivity contribution in [1.82, 2.24) is 4.98 Å². The van der Waals surface area contributed by atoms with Gasteiger partial charge in [-0.3, -0.25) is 5.43 Å². The van der Waals surface area contributed by atoms with Crippen LogP contribution >= 0.6 is 46.3 Å². The second-order valence-electron chi connectivity index (χ2n) is 4.71. The lowest BCUT2D eigenvalue weighted by atomic mass is 10.2. The van der Waals surface area contributed by atoms with Gasteiger partial charge in [-0.15, -0.1) is 23.1 Å². The van der Waals surface area contributed by atoms with Gasteiger partial charge in [0, 0.05) is 32.8 Å². The molecule has 2 aromatic carbocycles. The minimum absolute atomic E-state index is 0.585. The van der Waals surface area contributed by atoms with Crippen LogP contribution in [0.3, 0.4) is 0 Å². The molecule has 0 saturated heterocycles. The molecule has 0 aliphatic carbocycles. The maximum absolute atomic E-state index is 6.20. The Bertz CT molecular complexity index is 835. The molecular weight excluding hydrogens is 381 g/mol. The number of anilines is 1. The van der Waals surface area contributed by atoms with Gasteiger partial charge in [-0.1, -0.05) is 41.4 Å². The standard InChI is InChI=1S/C17H13Cl2N3S2/c18-12-6-7-14(15(19)10-12)16-11-24-17(21-16)22-20-8-9-23-13-4-2-1-3-5-13/h1-8,10-11H,9H2,(H,21,22)/b20-8+. The molecule has 1 N–H and O–H groups in total. The van der Waals surface area contributed by atoms with E-state index in [0.717, 1.165) is 22.1 Å². The number of nitrogens with one attached hydrogen (secondary N) is 1. The monoisotopic (exact) mass is 393 g/mol. The van der Waals surface area contributed by atoms with E-state index in [0.29, 0.717) is 10.0 Å². The van der Waals surface area contributed by atoms with Gasteiger partial charge >= 0.3 is 0 Å². The molecule has 1 aromatic heterocycles. The Balaban J connectivity index is 1.55. The average molecular weight is 394 g/mol. The molecule has 0 aliphatic heterocycles. The third kappa shape index (κ3) is 4.74. The predicted octanol–water partition coefficient (Wildman–Crippen LogP) is 6.31. The van der Waals surface area contributed by atoms with Gasteiger partial charge in [0.15, 0.2) is 0 Å². The fraction of sp³-hybridized carbons (Fsp3) is 0.0588. The van der Waals surface area contributed by atoms with E-state index in [1.54, 1.807) is 23.9 Å². The third-order valence-corrected chi connectivity index (χ3v) is 5.25. The number of benzene rings is 2. The number of nitrogens with zero attached hydrogens (tertiary/aromatic N) is 2. The highest BCUT2D eigenvalue weighted by Crippen LogP contribution is 2.32. The lowest BCUT2D eigenvalue weighted by molar-refractivity contribution is 1.29. The zero-order valence-electron chi connectivity index (χ0n) is 12.4. The molecule has 3 rings (SSSR count). The number of halogens is 2. The van der Waals surface area contributed by atoms with Crippen molar-refractivity contribution in [3.63, 3.8) is 0 Å². The van der Waals surface area contributed by atoms with Gasteiger partial charge in [0.1, 0.15) is 0 Å². The molecule has 0 fully saturated rings. The van der Waals surface area contributed by atoms with Crippen LogP contribution in [-0.2, 0) is 0 Å². The molecule has 3 aromatic rings. The minimum atomic E-state index is 0.585. The molecule has 0 spiro atoms. The number of aromatic nitrogens is 1. The molecule has 0 bridgehead atoms. The SMILES string of the molecule is Clc1ccc(-c2csc(N/N=C/CSc3ccccc3)n2)c(Cl)c1. The van der Waals surface area contributed by atoms with Gasteiger partial charge in [-0.25, -0.2) is 4.98 Å². The number of hydrazone groups is 1. The van der Waals surface area contributed by atoms with Crippen molar-refractivity contribution in [3.8, 4) is 11.3 Å². The van der Waals surface area contributed by atoms with Gasteiger partial charge in [0.25, 0.3) is 0 Å². The van der Waals surface area contributed by atoms with Crippen LogP contribution in [0.5, 0.6) is 0 Å². The quantitative estimate of drug-likeness (QED) is 0.303. The van der Waals surface area contributed by atoms with Crippen LogP contribution in [0.25, 0.3) is 11.3 Å². The maximum atomic E-state index is 6.20. The highest BCUT2D eigenvalue weighted by molar-refractivity contribution is 7.99.